The van der Waals surface area contributed by atoms with E-state index in [1.165, 1.54) is 0 Å². The van der Waals surface area contributed by atoms with Crippen LogP contribution in [0.2, 0.25) is 0 Å². The predicted octanol–water partition coefficient (Wildman–Crippen LogP) is 5.40. The molecule has 0 bridgehead atoms. The highest BCUT2D eigenvalue weighted by Gasteiger charge is 2.21. The van der Waals surface area contributed by atoms with Crippen molar-refractivity contribution in [3.63, 3.8) is 0 Å². The SMILES string of the molecule is COc1ccccc1N1CCN(C(=O)/C=C/c2ccc(OCc3ccc(Br)cc3)cc2)CC1. The maximum atomic E-state index is 12.7. The van der Waals surface area contributed by atoms with Gasteiger partial charge in [-0.25, -0.2) is 0 Å². The Morgan fingerprint density at radius 3 is 2.33 bits per heavy atom. The van der Waals surface area contributed by atoms with Crippen molar-refractivity contribution in [2.75, 3.05) is 38.2 Å². The van der Waals surface area contributed by atoms with E-state index in [4.69, 9.17) is 9.47 Å². The van der Waals surface area contributed by atoms with E-state index in [1.54, 1.807) is 13.2 Å². The van der Waals surface area contributed by atoms with Crippen LogP contribution >= 0.6 is 15.9 Å². The van der Waals surface area contributed by atoms with Crippen molar-refractivity contribution in [1.29, 1.82) is 0 Å². The molecule has 0 aromatic heterocycles. The van der Waals surface area contributed by atoms with E-state index in [1.807, 2.05) is 77.7 Å². The number of halogens is 1. The maximum absolute atomic E-state index is 12.7. The van der Waals surface area contributed by atoms with Gasteiger partial charge in [0.1, 0.15) is 18.1 Å². The smallest absolute Gasteiger partial charge is 0.246 e. The lowest BCUT2D eigenvalue weighted by atomic mass is 10.2. The number of anilines is 1. The monoisotopic (exact) mass is 506 g/mol. The van der Waals surface area contributed by atoms with Crippen LogP contribution in [0.15, 0.2) is 83.3 Å². The average Bonchev–Trinajstić information content (AvgIpc) is 2.87. The molecule has 4 rings (SSSR count). The number of carbonyl (C=O) groups is 1. The summed E-state index contributed by atoms with van der Waals surface area (Å²) in [5, 5.41) is 0. The largest absolute Gasteiger partial charge is 0.495 e. The second kappa shape index (κ2) is 11.1. The second-order valence-electron chi connectivity index (χ2n) is 7.80. The first-order valence-corrected chi connectivity index (χ1v) is 11.7. The van der Waals surface area contributed by atoms with Gasteiger partial charge in [0, 0.05) is 36.7 Å². The number of ether oxygens (including phenoxy) is 2. The Morgan fingerprint density at radius 1 is 0.939 bits per heavy atom. The van der Waals surface area contributed by atoms with Gasteiger partial charge in [0.05, 0.1) is 12.8 Å². The summed E-state index contributed by atoms with van der Waals surface area (Å²) < 4.78 is 12.4. The highest BCUT2D eigenvalue weighted by atomic mass is 79.9. The Kier molecular flexibility index (Phi) is 7.68. The Balaban J connectivity index is 1.27. The minimum absolute atomic E-state index is 0.0326. The molecule has 3 aromatic carbocycles. The van der Waals surface area contributed by atoms with Crippen molar-refractivity contribution in [3.05, 3.63) is 94.5 Å². The van der Waals surface area contributed by atoms with E-state index >= 15 is 0 Å². The number of amides is 1. The Hall–Kier alpha value is -3.25. The summed E-state index contributed by atoms with van der Waals surface area (Å²) in [6, 6.07) is 23.8. The molecular weight excluding hydrogens is 480 g/mol. The number of nitrogens with zero attached hydrogens (tertiary/aromatic N) is 2. The van der Waals surface area contributed by atoms with Crippen LogP contribution in [0.5, 0.6) is 11.5 Å². The molecule has 0 N–H and O–H groups in total. The van der Waals surface area contributed by atoms with Gasteiger partial charge in [0.25, 0.3) is 0 Å². The van der Waals surface area contributed by atoms with Crippen LogP contribution in [-0.2, 0) is 11.4 Å². The molecule has 0 saturated carbocycles. The minimum Gasteiger partial charge on any atom is -0.495 e. The van der Waals surface area contributed by atoms with Crippen LogP contribution in [-0.4, -0.2) is 44.1 Å². The number of carbonyl (C=O) groups excluding carboxylic acids is 1. The van der Waals surface area contributed by atoms with Crippen molar-refractivity contribution in [2.45, 2.75) is 6.61 Å². The zero-order chi connectivity index (χ0) is 23.0. The Bertz CT molecular complexity index is 1090. The summed E-state index contributed by atoms with van der Waals surface area (Å²) in [4.78, 5) is 16.8. The highest BCUT2D eigenvalue weighted by Crippen LogP contribution is 2.28. The molecule has 1 aliphatic rings. The standard InChI is InChI=1S/C27H27BrN2O3/c1-32-26-5-3-2-4-25(26)29-16-18-30(19-17-29)27(31)15-10-21-8-13-24(14-9-21)33-20-22-6-11-23(28)12-7-22/h2-15H,16-20H2,1H3/b15-10+. The average molecular weight is 507 g/mol. The van der Waals surface area contributed by atoms with Crippen LogP contribution in [0.1, 0.15) is 11.1 Å². The predicted molar refractivity (Wildman–Crippen MR) is 136 cm³/mol. The number of hydrogen-bond acceptors (Lipinski definition) is 4. The molecule has 3 aromatic rings. The molecule has 1 aliphatic heterocycles. The van der Waals surface area contributed by atoms with Gasteiger partial charge >= 0.3 is 0 Å². The summed E-state index contributed by atoms with van der Waals surface area (Å²) in [6.07, 6.45) is 3.50. The van der Waals surface area contributed by atoms with Crippen molar-refractivity contribution in [2.24, 2.45) is 0 Å². The van der Waals surface area contributed by atoms with E-state index in [0.717, 1.165) is 45.9 Å². The molecule has 170 valence electrons. The molecule has 1 heterocycles. The molecule has 0 atom stereocenters. The van der Waals surface area contributed by atoms with Gasteiger partial charge < -0.3 is 19.3 Å². The third kappa shape index (κ3) is 6.17. The van der Waals surface area contributed by atoms with Crippen molar-refractivity contribution in [3.8, 4) is 11.5 Å². The van der Waals surface area contributed by atoms with Crippen LogP contribution in [0, 0.1) is 0 Å². The van der Waals surface area contributed by atoms with Crippen LogP contribution in [0.25, 0.3) is 6.08 Å². The normalized spacial score (nSPS) is 13.9. The van der Waals surface area contributed by atoms with Crippen LogP contribution < -0.4 is 14.4 Å². The van der Waals surface area contributed by atoms with E-state index in [-0.39, 0.29) is 5.91 Å². The molecular formula is C27H27BrN2O3. The summed E-state index contributed by atoms with van der Waals surface area (Å²) in [5.41, 5.74) is 3.15. The maximum Gasteiger partial charge on any atom is 0.246 e. The van der Waals surface area contributed by atoms with Gasteiger partial charge in [0.2, 0.25) is 5.91 Å². The van der Waals surface area contributed by atoms with Crippen molar-refractivity contribution >= 4 is 33.6 Å². The fraction of sp³-hybridized carbons (Fsp3) is 0.222. The van der Waals surface area contributed by atoms with Gasteiger partial charge in [-0.15, -0.1) is 0 Å². The van der Waals surface area contributed by atoms with Crippen LogP contribution in [0.4, 0.5) is 5.69 Å². The first-order chi connectivity index (χ1) is 16.1. The summed E-state index contributed by atoms with van der Waals surface area (Å²) in [7, 11) is 1.69. The summed E-state index contributed by atoms with van der Waals surface area (Å²) in [6.45, 7) is 3.45. The lowest BCUT2D eigenvalue weighted by molar-refractivity contribution is -0.126. The summed E-state index contributed by atoms with van der Waals surface area (Å²) >= 11 is 3.44. The molecule has 0 radical (unpaired) electrons. The number of methoxy groups -OCH3 is 1. The molecule has 0 spiro atoms. The quantitative estimate of drug-likeness (QED) is 0.402. The zero-order valence-electron chi connectivity index (χ0n) is 18.6. The van der Waals surface area contributed by atoms with Crippen molar-refractivity contribution < 1.29 is 14.3 Å². The van der Waals surface area contributed by atoms with Gasteiger partial charge in [-0.1, -0.05) is 52.3 Å². The zero-order valence-corrected chi connectivity index (χ0v) is 20.2. The molecule has 33 heavy (non-hydrogen) atoms. The molecule has 5 nitrogen and oxygen atoms in total. The third-order valence-electron chi connectivity index (χ3n) is 5.63. The Morgan fingerprint density at radius 2 is 1.64 bits per heavy atom. The van der Waals surface area contributed by atoms with Gasteiger partial charge in [-0.2, -0.15) is 0 Å². The minimum atomic E-state index is 0.0326. The number of rotatable bonds is 7. The topological polar surface area (TPSA) is 42.0 Å². The highest BCUT2D eigenvalue weighted by molar-refractivity contribution is 9.10. The van der Waals surface area contributed by atoms with Crippen LogP contribution in [0.3, 0.4) is 0 Å². The van der Waals surface area contributed by atoms with E-state index in [2.05, 4.69) is 26.9 Å². The van der Waals surface area contributed by atoms with E-state index in [9.17, 15) is 4.79 Å². The van der Waals surface area contributed by atoms with Gasteiger partial charge in [-0.05, 0) is 53.6 Å². The first kappa shape index (κ1) is 22.9. The van der Waals surface area contributed by atoms with Gasteiger partial charge in [-0.3, -0.25) is 4.79 Å². The lowest BCUT2D eigenvalue weighted by Crippen LogP contribution is -2.48. The molecule has 0 aliphatic carbocycles. The number of hydrogen-bond donors (Lipinski definition) is 0. The third-order valence-corrected chi connectivity index (χ3v) is 6.16. The van der Waals surface area contributed by atoms with Gasteiger partial charge in [0.15, 0.2) is 0 Å². The number of para-hydroxylation sites is 2. The molecule has 1 amide bonds. The number of benzene rings is 3. The summed E-state index contributed by atoms with van der Waals surface area (Å²) in [5.74, 6) is 1.69. The molecule has 6 heteroatoms. The first-order valence-electron chi connectivity index (χ1n) is 10.9. The number of piperazine rings is 1. The fourth-order valence-electron chi connectivity index (χ4n) is 3.75. The molecule has 0 unspecified atom stereocenters. The Labute approximate surface area is 203 Å². The second-order valence-corrected chi connectivity index (χ2v) is 8.72. The van der Waals surface area contributed by atoms with E-state index < -0.39 is 0 Å². The van der Waals surface area contributed by atoms with E-state index in [0.29, 0.717) is 19.7 Å². The fourth-order valence-corrected chi connectivity index (χ4v) is 4.02. The van der Waals surface area contributed by atoms with Crippen molar-refractivity contribution in [1.82, 2.24) is 4.90 Å². The molecule has 1 fully saturated rings. The molecule has 1 saturated heterocycles. The lowest BCUT2D eigenvalue weighted by Gasteiger charge is -2.36.